The summed E-state index contributed by atoms with van der Waals surface area (Å²) in [6.07, 6.45) is 1.15. The molecule has 0 aliphatic carbocycles. The van der Waals surface area contributed by atoms with Crippen LogP contribution in [0.4, 0.5) is 11.4 Å². The van der Waals surface area contributed by atoms with Gasteiger partial charge in [-0.1, -0.05) is 11.6 Å². The van der Waals surface area contributed by atoms with Crippen molar-refractivity contribution in [1.29, 1.82) is 0 Å². The average Bonchev–Trinajstić information content (AvgIpc) is 2.81. The summed E-state index contributed by atoms with van der Waals surface area (Å²) >= 11 is 6.30. The van der Waals surface area contributed by atoms with E-state index < -0.39 is 5.97 Å². The van der Waals surface area contributed by atoms with Crippen molar-refractivity contribution < 1.29 is 9.53 Å². The monoisotopic (exact) mass is 311 g/mol. The first-order chi connectivity index (χ1) is 9.92. The first kappa shape index (κ1) is 15.9. The van der Waals surface area contributed by atoms with Gasteiger partial charge in [-0.3, -0.25) is 0 Å². The van der Waals surface area contributed by atoms with Crippen LogP contribution >= 0.6 is 11.6 Å². The van der Waals surface area contributed by atoms with Gasteiger partial charge in [-0.05, 0) is 38.1 Å². The van der Waals surface area contributed by atoms with Crippen LogP contribution in [0.2, 0.25) is 5.02 Å². The lowest BCUT2D eigenvalue weighted by molar-refractivity contribution is 0.0601. The first-order valence-corrected chi connectivity index (χ1v) is 7.37. The molecule has 0 saturated carbocycles. The number of carbonyl (C=O) groups excluding carboxylic acids is 1. The standard InChI is InChI=1S/C15H22ClN3O2/c1-18-5-4-10(8-18)9-19(2)14-12(15(20)21-3)6-11(17)7-13(14)16/h6-7,10H,4-5,8-9,17H2,1-3H3. The van der Waals surface area contributed by atoms with E-state index in [0.29, 0.717) is 27.9 Å². The van der Waals surface area contributed by atoms with Gasteiger partial charge < -0.3 is 20.3 Å². The number of methoxy groups -OCH3 is 1. The third-order valence-corrected chi connectivity index (χ3v) is 4.18. The number of hydrogen-bond acceptors (Lipinski definition) is 5. The maximum Gasteiger partial charge on any atom is 0.340 e. The van der Waals surface area contributed by atoms with Gasteiger partial charge in [-0.25, -0.2) is 4.79 Å². The SMILES string of the molecule is COC(=O)c1cc(N)cc(Cl)c1N(C)CC1CCN(C)C1. The summed E-state index contributed by atoms with van der Waals surface area (Å²) in [4.78, 5) is 16.3. The molecule has 1 aliphatic heterocycles. The minimum absolute atomic E-state index is 0.413. The van der Waals surface area contributed by atoms with E-state index in [9.17, 15) is 4.79 Å². The summed E-state index contributed by atoms with van der Waals surface area (Å²) < 4.78 is 4.84. The number of ether oxygens (including phenoxy) is 1. The van der Waals surface area contributed by atoms with Crippen LogP contribution in [0, 0.1) is 5.92 Å². The molecule has 0 bridgehead atoms. The second-order valence-electron chi connectivity index (χ2n) is 5.69. The number of benzene rings is 1. The van der Waals surface area contributed by atoms with Crippen LogP contribution in [0.1, 0.15) is 16.8 Å². The Morgan fingerprint density at radius 1 is 1.57 bits per heavy atom. The highest BCUT2D eigenvalue weighted by atomic mass is 35.5. The fourth-order valence-electron chi connectivity index (χ4n) is 2.93. The predicted octanol–water partition coefficient (Wildman–Crippen LogP) is 2.10. The van der Waals surface area contributed by atoms with Gasteiger partial charge in [0.2, 0.25) is 0 Å². The molecule has 1 aromatic rings. The predicted molar refractivity (Wildman–Crippen MR) is 86.1 cm³/mol. The molecule has 116 valence electrons. The molecule has 1 saturated heterocycles. The Hall–Kier alpha value is -1.46. The van der Waals surface area contributed by atoms with Crippen molar-refractivity contribution >= 4 is 28.9 Å². The summed E-state index contributed by atoms with van der Waals surface area (Å²) in [7, 11) is 5.42. The molecule has 5 nitrogen and oxygen atoms in total. The number of anilines is 2. The highest BCUT2D eigenvalue weighted by Crippen LogP contribution is 2.33. The van der Waals surface area contributed by atoms with Gasteiger partial charge in [-0.2, -0.15) is 0 Å². The number of nitrogens with zero attached hydrogens (tertiary/aromatic N) is 2. The van der Waals surface area contributed by atoms with E-state index in [4.69, 9.17) is 22.1 Å². The molecule has 1 fully saturated rings. The zero-order chi connectivity index (χ0) is 15.6. The summed E-state index contributed by atoms with van der Waals surface area (Å²) in [5.74, 6) is 0.147. The van der Waals surface area contributed by atoms with Crippen LogP contribution in [0.5, 0.6) is 0 Å². The Balaban J connectivity index is 2.26. The van der Waals surface area contributed by atoms with Crippen molar-refractivity contribution in [2.24, 2.45) is 5.92 Å². The lowest BCUT2D eigenvalue weighted by Crippen LogP contribution is -2.29. The summed E-state index contributed by atoms with van der Waals surface area (Å²) in [6, 6.07) is 3.28. The second-order valence-corrected chi connectivity index (χ2v) is 6.10. The fraction of sp³-hybridized carbons (Fsp3) is 0.533. The maximum atomic E-state index is 12.0. The summed E-state index contributed by atoms with van der Waals surface area (Å²) in [5.41, 5.74) is 7.34. The molecular weight excluding hydrogens is 290 g/mol. The van der Waals surface area contributed by atoms with Gasteiger partial charge in [0.05, 0.1) is 23.4 Å². The third kappa shape index (κ3) is 3.60. The van der Waals surface area contributed by atoms with Gasteiger partial charge in [0.15, 0.2) is 0 Å². The molecule has 0 aromatic heterocycles. The van der Waals surface area contributed by atoms with Gasteiger partial charge >= 0.3 is 5.97 Å². The molecule has 1 aromatic carbocycles. The molecule has 2 rings (SSSR count). The lowest BCUT2D eigenvalue weighted by atomic mass is 10.1. The topological polar surface area (TPSA) is 58.8 Å². The first-order valence-electron chi connectivity index (χ1n) is 6.99. The summed E-state index contributed by atoms with van der Waals surface area (Å²) in [5, 5.41) is 0.476. The van der Waals surface area contributed by atoms with E-state index in [1.54, 1.807) is 12.1 Å². The van der Waals surface area contributed by atoms with Crippen LogP contribution in [0.15, 0.2) is 12.1 Å². The van der Waals surface area contributed by atoms with Crippen molar-refractivity contribution in [1.82, 2.24) is 4.90 Å². The smallest absolute Gasteiger partial charge is 0.340 e. The normalized spacial score (nSPS) is 18.8. The molecule has 1 heterocycles. The van der Waals surface area contributed by atoms with Crippen LogP contribution in [0.3, 0.4) is 0 Å². The summed E-state index contributed by atoms with van der Waals surface area (Å²) in [6.45, 7) is 3.01. The Morgan fingerprint density at radius 3 is 2.86 bits per heavy atom. The van der Waals surface area contributed by atoms with E-state index in [0.717, 1.165) is 26.1 Å². The average molecular weight is 312 g/mol. The number of likely N-dealkylation sites (tertiary alicyclic amines) is 1. The minimum atomic E-state index is -0.422. The Kier molecular flexibility index (Phi) is 4.96. The van der Waals surface area contributed by atoms with E-state index in [1.807, 2.05) is 11.9 Å². The molecule has 0 spiro atoms. The Bertz CT molecular complexity index is 536. The van der Waals surface area contributed by atoms with E-state index >= 15 is 0 Å². The lowest BCUT2D eigenvalue weighted by Gasteiger charge is -2.26. The van der Waals surface area contributed by atoms with Crippen LogP contribution in [0.25, 0.3) is 0 Å². The van der Waals surface area contributed by atoms with Crippen molar-refractivity contribution in [3.63, 3.8) is 0 Å². The number of nitrogen functional groups attached to an aromatic ring is 1. The number of nitrogens with two attached hydrogens (primary N) is 1. The molecule has 0 amide bonds. The van der Waals surface area contributed by atoms with E-state index in [1.165, 1.54) is 7.11 Å². The number of hydrogen-bond donors (Lipinski definition) is 1. The van der Waals surface area contributed by atoms with Crippen LogP contribution in [-0.2, 0) is 4.74 Å². The van der Waals surface area contributed by atoms with E-state index in [-0.39, 0.29) is 0 Å². The van der Waals surface area contributed by atoms with Crippen molar-refractivity contribution in [3.05, 3.63) is 22.7 Å². The zero-order valence-electron chi connectivity index (χ0n) is 12.7. The second kappa shape index (κ2) is 6.54. The molecule has 1 unspecified atom stereocenters. The van der Waals surface area contributed by atoms with Gasteiger partial charge in [0.1, 0.15) is 0 Å². The Labute approximate surface area is 130 Å². The number of carbonyl (C=O) groups is 1. The zero-order valence-corrected chi connectivity index (χ0v) is 13.5. The Morgan fingerprint density at radius 2 is 2.29 bits per heavy atom. The molecule has 2 N–H and O–H groups in total. The third-order valence-electron chi connectivity index (χ3n) is 3.89. The molecule has 21 heavy (non-hydrogen) atoms. The molecule has 6 heteroatoms. The van der Waals surface area contributed by atoms with Gasteiger partial charge in [0, 0.05) is 25.8 Å². The highest BCUT2D eigenvalue weighted by Gasteiger charge is 2.24. The van der Waals surface area contributed by atoms with Gasteiger partial charge in [0.25, 0.3) is 0 Å². The largest absolute Gasteiger partial charge is 0.465 e. The molecule has 0 radical (unpaired) electrons. The van der Waals surface area contributed by atoms with Crippen molar-refractivity contribution in [2.45, 2.75) is 6.42 Å². The highest BCUT2D eigenvalue weighted by molar-refractivity contribution is 6.34. The van der Waals surface area contributed by atoms with Gasteiger partial charge in [-0.15, -0.1) is 0 Å². The number of halogens is 1. The molecule has 1 aliphatic rings. The van der Waals surface area contributed by atoms with Crippen molar-refractivity contribution in [2.75, 3.05) is 51.5 Å². The molecule has 1 atom stereocenters. The van der Waals surface area contributed by atoms with E-state index in [2.05, 4.69) is 11.9 Å². The van der Waals surface area contributed by atoms with Crippen LogP contribution < -0.4 is 10.6 Å². The maximum absolute atomic E-state index is 12.0. The minimum Gasteiger partial charge on any atom is -0.465 e. The van der Waals surface area contributed by atoms with Crippen molar-refractivity contribution in [3.8, 4) is 0 Å². The van der Waals surface area contributed by atoms with Crippen LogP contribution in [-0.4, -0.2) is 51.7 Å². The number of rotatable bonds is 4. The fourth-order valence-corrected chi connectivity index (χ4v) is 3.30. The number of esters is 1. The quantitative estimate of drug-likeness (QED) is 0.681. The molecular formula is C15H22ClN3O2.